The van der Waals surface area contributed by atoms with Crippen molar-refractivity contribution >= 4 is 37.4 Å². The van der Waals surface area contributed by atoms with E-state index in [2.05, 4.69) is 5.32 Å². The van der Waals surface area contributed by atoms with Crippen molar-refractivity contribution in [3.05, 3.63) is 23.8 Å². The first-order valence-electron chi connectivity index (χ1n) is 12.0. The van der Waals surface area contributed by atoms with E-state index in [-0.39, 0.29) is 22.4 Å². The summed E-state index contributed by atoms with van der Waals surface area (Å²) in [4.78, 5) is 22.5. The highest BCUT2D eigenvalue weighted by Gasteiger charge is 2.20. The monoisotopic (exact) mass is 447 g/mol. The Labute approximate surface area is 192 Å². The second kappa shape index (κ2) is 17.8. The van der Waals surface area contributed by atoms with Crippen molar-refractivity contribution in [3.63, 3.8) is 0 Å². The third-order valence-corrected chi connectivity index (χ3v) is 5.62. The molecule has 0 bridgehead atoms. The Bertz CT molecular complexity index is 631. The molecule has 0 aliphatic heterocycles. The summed E-state index contributed by atoms with van der Waals surface area (Å²) in [5.41, 5.74) is 0.241. The van der Waals surface area contributed by atoms with Crippen LogP contribution in [0.3, 0.4) is 0 Å². The number of nitrogens with one attached hydrogen (secondary N) is 1. The van der Waals surface area contributed by atoms with E-state index in [9.17, 15) is 29.7 Å². The largest absolute Gasteiger partial charge is 0.488 e. The molecule has 1 aromatic carbocycles. The Kier molecular flexibility index (Phi) is 15.8. The van der Waals surface area contributed by atoms with Gasteiger partial charge in [-0.05, 0) is 35.9 Å². The molecule has 32 heavy (non-hydrogen) atoms. The van der Waals surface area contributed by atoms with Crippen LogP contribution >= 0.6 is 0 Å². The average Bonchev–Trinajstić information content (AvgIpc) is 2.78. The van der Waals surface area contributed by atoms with Crippen molar-refractivity contribution in [2.45, 2.75) is 89.9 Å². The molecule has 0 atom stereocenters. The van der Waals surface area contributed by atoms with Crippen LogP contribution in [0, 0.1) is 0 Å². The molecule has 0 aromatic heterocycles. The van der Waals surface area contributed by atoms with E-state index in [1.165, 1.54) is 76.0 Å². The molecule has 1 rings (SSSR count). The zero-order valence-corrected chi connectivity index (χ0v) is 19.2. The molecule has 1 amide bonds. The maximum Gasteiger partial charge on any atom is 0.488 e. The van der Waals surface area contributed by atoms with Gasteiger partial charge in [0.1, 0.15) is 6.29 Å². The molecule has 0 unspecified atom stereocenters. The van der Waals surface area contributed by atoms with Gasteiger partial charge in [-0.3, -0.25) is 4.79 Å². The fourth-order valence-electron chi connectivity index (χ4n) is 3.71. The van der Waals surface area contributed by atoms with E-state index in [1.54, 1.807) is 0 Å². The van der Waals surface area contributed by atoms with Crippen LogP contribution in [-0.4, -0.2) is 53.1 Å². The summed E-state index contributed by atoms with van der Waals surface area (Å²) in [6.45, 7) is 0.522. The van der Waals surface area contributed by atoms with Gasteiger partial charge in [-0.25, -0.2) is 0 Å². The molecule has 0 radical (unpaired) electrons. The van der Waals surface area contributed by atoms with E-state index in [4.69, 9.17) is 0 Å². The van der Waals surface area contributed by atoms with Gasteiger partial charge >= 0.3 is 14.2 Å². The maximum atomic E-state index is 12.3. The molecule has 0 aliphatic rings. The van der Waals surface area contributed by atoms with Crippen LogP contribution in [-0.2, 0) is 4.79 Å². The fourth-order valence-corrected chi connectivity index (χ4v) is 3.71. The summed E-state index contributed by atoms with van der Waals surface area (Å²) in [6, 6.07) is 3.91. The lowest BCUT2D eigenvalue weighted by atomic mass is 9.72. The number of aldehydes is 1. The molecule has 0 saturated carbocycles. The molecule has 9 heteroatoms. The first-order valence-corrected chi connectivity index (χ1v) is 12.0. The van der Waals surface area contributed by atoms with Gasteiger partial charge in [0, 0.05) is 18.5 Å². The number of rotatable bonds is 19. The normalized spacial score (nSPS) is 10.8. The van der Waals surface area contributed by atoms with Crippen LogP contribution < -0.4 is 16.2 Å². The summed E-state index contributed by atoms with van der Waals surface area (Å²) in [7, 11) is -3.58. The van der Waals surface area contributed by atoms with Gasteiger partial charge < -0.3 is 30.2 Å². The van der Waals surface area contributed by atoms with Crippen LogP contribution in [0.15, 0.2) is 18.2 Å². The van der Waals surface area contributed by atoms with Crippen molar-refractivity contribution < 1.29 is 29.7 Å². The van der Waals surface area contributed by atoms with Crippen molar-refractivity contribution in [1.82, 2.24) is 5.32 Å². The molecule has 7 nitrogen and oxygen atoms in total. The topological polar surface area (TPSA) is 127 Å². The lowest BCUT2D eigenvalue weighted by Crippen LogP contribution is -2.40. The molecule has 5 N–H and O–H groups in total. The Morgan fingerprint density at radius 3 is 1.50 bits per heavy atom. The Hall–Kier alpha value is -1.67. The molecule has 0 aliphatic carbocycles. The van der Waals surface area contributed by atoms with E-state index in [1.807, 2.05) is 0 Å². The molecular formula is C23H39B2NO6. The quantitative estimate of drug-likeness (QED) is 0.124. The number of carbonyl (C=O) groups is 2. The van der Waals surface area contributed by atoms with Gasteiger partial charge in [0.2, 0.25) is 0 Å². The molecule has 0 saturated heterocycles. The molecule has 178 valence electrons. The summed E-state index contributed by atoms with van der Waals surface area (Å²) < 4.78 is 0. The van der Waals surface area contributed by atoms with E-state index >= 15 is 0 Å². The molecule has 0 spiro atoms. The number of unbranched alkanes of at least 4 members (excludes halogenated alkanes) is 13. The van der Waals surface area contributed by atoms with Crippen molar-refractivity contribution in [1.29, 1.82) is 0 Å². The predicted octanol–water partition coefficient (Wildman–Crippen LogP) is 1.44. The zero-order valence-electron chi connectivity index (χ0n) is 19.2. The summed E-state index contributed by atoms with van der Waals surface area (Å²) in [5.74, 6) is -0.377. The standard InChI is InChI=1S/C23H39B2NO6/c27-16-14-12-10-8-6-4-2-1-3-5-7-9-11-13-15-26-23(28)20-17-21(24(29)30)19-22(18-20)25(31)32/h16-19,29-32H,1-15H2,(H,26,28). The fraction of sp³-hybridized carbons (Fsp3) is 0.652. The van der Waals surface area contributed by atoms with Gasteiger partial charge in [0.05, 0.1) is 0 Å². The second-order valence-electron chi connectivity index (χ2n) is 8.44. The molecule has 0 fully saturated rings. The lowest BCUT2D eigenvalue weighted by molar-refractivity contribution is -0.107. The minimum atomic E-state index is -1.79. The molecule has 0 heterocycles. The van der Waals surface area contributed by atoms with Crippen molar-refractivity contribution in [3.8, 4) is 0 Å². The SMILES string of the molecule is O=CCCCCCCCCCCCCCCCNC(=O)c1cc(B(O)O)cc(B(O)O)c1. The van der Waals surface area contributed by atoms with Crippen LogP contribution in [0.5, 0.6) is 0 Å². The predicted molar refractivity (Wildman–Crippen MR) is 129 cm³/mol. The van der Waals surface area contributed by atoms with Crippen molar-refractivity contribution in [2.24, 2.45) is 0 Å². The van der Waals surface area contributed by atoms with E-state index < -0.39 is 14.2 Å². The second-order valence-corrected chi connectivity index (χ2v) is 8.44. The van der Waals surface area contributed by atoms with Gasteiger partial charge in [0.25, 0.3) is 5.91 Å². The maximum absolute atomic E-state index is 12.3. The summed E-state index contributed by atoms with van der Waals surface area (Å²) in [5, 5.41) is 40.0. The minimum Gasteiger partial charge on any atom is -0.423 e. The Morgan fingerprint density at radius 2 is 1.09 bits per heavy atom. The molecular weight excluding hydrogens is 408 g/mol. The van der Waals surface area contributed by atoms with Crippen LogP contribution in [0.2, 0.25) is 0 Å². The number of carbonyl (C=O) groups excluding carboxylic acids is 2. The zero-order chi connectivity index (χ0) is 23.6. The van der Waals surface area contributed by atoms with Gasteiger partial charge in [-0.1, -0.05) is 76.7 Å². The number of hydrogen-bond donors (Lipinski definition) is 5. The average molecular weight is 447 g/mol. The van der Waals surface area contributed by atoms with E-state index in [0.29, 0.717) is 13.0 Å². The number of hydrogen-bond acceptors (Lipinski definition) is 6. The lowest BCUT2D eigenvalue weighted by Gasteiger charge is -2.10. The smallest absolute Gasteiger partial charge is 0.423 e. The summed E-state index contributed by atoms with van der Waals surface area (Å²) >= 11 is 0. The highest BCUT2D eigenvalue weighted by Crippen LogP contribution is 2.12. The third-order valence-electron chi connectivity index (χ3n) is 5.62. The Balaban J connectivity index is 2.06. The van der Waals surface area contributed by atoms with Crippen LogP contribution in [0.25, 0.3) is 0 Å². The third kappa shape index (κ3) is 13.0. The highest BCUT2D eigenvalue weighted by atomic mass is 16.4. The van der Waals surface area contributed by atoms with Gasteiger partial charge in [-0.15, -0.1) is 0 Å². The molecule has 1 aromatic rings. The number of amides is 1. The van der Waals surface area contributed by atoms with E-state index in [0.717, 1.165) is 32.0 Å². The number of benzene rings is 1. The van der Waals surface area contributed by atoms with Crippen LogP contribution in [0.1, 0.15) is 100 Å². The summed E-state index contributed by atoms with van der Waals surface area (Å²) in [6.07, 6.45) is 17.1. The van der Waals surface area contributed by atoms with Gasteiger partial charge in [0.15, 0.2) is 0 Å². The first-order chi connectivity index (χ1) is 15.5. The minimum absolute atomic E-state index is 0.0374. The highest BCUT2D eigenvalue weighted by molar-refractivity contribution is 6.62. The first kappa shape index (κ1) is 28.4. The van der Waals surface area contributed by atoms with Gasteiger partial charge in [-0.2, -0.15) is 0 Å². The Morgan fingerprint density at radius 1 is 0.688 bits per heavy atom. The van der Waals surface area contributed by atoms with Crippen LogP contribution in [0.4, 0.5) is 0 Å². The van der Waals surface area contributed by atoms with Crippen molar-refractivity contribution in [2.75, 3.05) is 6.54 Å².